The maximum absolute atomic E-state index is 5.39. The molecule has 0 saturated heterocycles. The van der Waals surface area contributed by atoms with E-state index in [4.69, 9.17) is 9.98 Å². The fourth-order valence-corrected chi connectivity index (χ4v) is 9.97. The number of hydrogen-bond acceptors (Lipinski definition) is 2. The van der Waals surface area contributed by atoms with Crippen LogP contribution in [0.1, 0.15) is 36.5 Å². The Hall–Kier alpha value is -8.14. The monoisotopic (exact) mass is 817 g/mol. The van der Waals surface area contributed by atoms with E-state index in [0.29, 0.717) is 0 Å². The van der Waals surface area contributed by atoms with Gasteiger partial charge in [0.2, 0.25) is 0 Å². The molecule has 1 aliphatic heterocycles. The van der Waals surface area contributed by atoms with Crippen LogP contribution < -0.4 is 0 Å². The molecule has 64 heavy (non-hydrogen) atoms. The second-order valence-electron chi connectivity index (χ2n) is 16.9. The minimum absolute atomic E-state index is 0.726. The van der Waals surface area contributed by atoms with Gasteiger partial charge in [0.25, 0.3) is 0 Å². The molecular formula is C61H43N3. The van der Waals surface area contributed by atoms with Crippen LogP contribution in [0.4, 0.5) is 0 Å². The third kappa shape index (κ3) is 6.44. The van der Waals surface area contributed by atoms with Crippen LogP contribution in [0.2, 0.25) is 0 Å². The Balaban J connectivity index is 1.03. The SMILES string of the molecule is C/C1=C(/c2ccccc2)N=C(c2cccc(-c3ccc4c(c3)c3ccccc3c3cccc(-c5ccc6c(c5)c5ccccc5n6-c5ccccc5)c34)c2)N=C(c2ccccc2)CC1. The number of allylic oxidation sites excluding steroid dienone is 1. The molecule has 0 radical (unpaired) electrons. The first-order valence-electron chi connectivity index (χ1n) is 22.2. The molecule has 0 atom stereocenters. The van der Waals surface area contributed by atoms with Crippen LogP contribution in [-0.4, -0.2) is 16.1 Å². The first kappa shape index (κ1) is 37.6. The number of nitrogens with zero attached hydrogens (tertiary/aromatic N) is 3. The van der Waals surface area contributed by atoms with Gasteiger partial charge in [0.15, 0.2) is 5.84 Å². The van der Waals surface area contributed by atoms with Gasteiger partial charge < -0.3 is 4.57 Å². The highest BCUT2D eigenvalue weighted by Gasteiger charge is 2.19. The van der Waals surface area contributed by atoms with Crippen molar-refractivity contribution in [3.8, 4) is 27.9 Å². The summed E-state index contributed by atoms with van der Waals surface area (Å²) in [6, 6.07) is 79.0. The van der Waals surface area contributed by atoms with Crippen molar-refractivity contribution in [2.24, 2.45) is 9.98 Å². The Kier molecular flexibility index (Phi) is 9.19. The average molecular weight is 818 g/mol. The Labute approximate surface area is 372 Å². The molecule has 0 spiro atoms. The minimum Gasteiger partial charge on any atom is -0.309 e. The number of rotatable bonds is 6. The highest BCUT2D eigenvalue weighted by atomic mass is 15.0. The molecule has 0 amide bonds. The van der Waals surface area contributed by atoms with Crippen molar-refractivity contribution in [2.45, 2.75) is 19.8 Å². The van der Waals surface area contributed by atoms with Gasteiger partial charge in [-0.1, -0.05) is 176 Å². The van der Waals surface area contributed by atoms with E-state index in [0.717, 1.165) is 63.6 Å². The van der Waals surface area contributed by atoms with Crippen LogP contribution >= 0.6 is 0 Å². The van der Waals surface area contributed by atoms with Gasteiger partial charge in [-0.3, -0.25) is 0 Å². The second-order valence-corrected chi connectivity index (χ2v) is 16.9. The number of aliphatic imine (C=N–C) groups is 2. The molecule has 0 aliphatic carbocycles. The molecule has 0 bridgehead atoms. The summed E-state index contributed by atoms with van der Waals surface area (Å²) in [5, 5.41) is 10.00. The average Bonchev–Trinajstić information content (AvgIpc) is 3.69. The lowest BCUT2D eigenvalue weighted by molar-refractivity contribution is 1.00. The highest BCUT2D eigenvalue weighted by molar-refractivity contribution is 6.29. The summed E-state index contributed by atoms with van der Waals surface area (Å²) in [7, 11) is 0. The number of benzene rings is 10. The van der Waals surface area contributed by atoms with E-state index in [1.807, 2.05) is 0 Å². The van der Waals surface area contributed by atoms with E-state index in [1.54, 1.807) is 0 Å². The van der Waals surface area contributed by atoms with E-state index >= 15 is 0 Å². The molecule has 10 aromatic carbocycles. The predicted molar refractivity (Wildman–Crippen MR) is 272 cm³/mol. The number of hydrogen-bond donors (Lipinski definition) is 0. The van der Waals surface area contributed by atoms with Gasteiger partial charge in [-0.2, -0.15) is 0 Å². The van der Waals surface area contributed by atoms with Gasteiger partial charge in [-0.25, -0.2) is 9.98 Å². The normalized spacial score (nSPS) is 14.5. The minimum atomic E-state index is 0.726. The zero-order valence-electron chi connectivity index (χ0n) is 35.5. The maximum Gasteiger partial charge on any atom is 0.160 e. The zero-order chi connectivity index (χ0) is 42.6. The molecule has 0 unspecified atom stereocenters. The van der Waals surface area contributed by atoms with Crippen LogP contribution in [0, 0.1) is 0 Å². The lowest BCUT2D eigenvalue weighted by atomic mass is 9.88. The molecular weight excluding hydrogens is 775 g/mol. The summed E-state index contributed by atoms with van der Waals surface area (Å²) in [4.78, 5) is 10.8. The van der Waals surface area contributed by atoms with Crippen LogP contribution in [-0.2, 0) is 0 Å². The van der Waals surface area contributed by atoms with Crippen molar-refractivity contribution in [1.82, 2.24) is 4.57 Å². The molecule has 3 heteroatoms. The van der Waals surface area contributed by atoms with Crippen molar-refractivity contribution in [3.63, 3.8) is 0 Å². The van der Waals surface area contributed by atoms with Crippen molar-refractivity contribution in [3.05, 3.63) is 241 Å². The lowest BCUT2D eigenvalue weighted by Crippen LogP contribution is -2.10. The summed E-state index contributed by atoms with van der Waals surface area (Å²) in [5.41, 5.74) is 14.8. The number of para-hydroxylation sites is 2. The number of fused-ring (bicyclic) bond motifs is 9. The number of aromatic nitrogens is 1. The molecule has 3 nitrogen and oxygen atoms in total. The van der Waals surface area contributed by atoms with Crippen LogP contribution in [0.3, 0.4) is 0 Å². The molecule has 0 saturated carbocycles. The van der Waals surface area contributed by atoms with Crippen LogP contribution in [0.25, 0.3) is 87.8 Å². The Morgan fingerprint density at radius 3 is 1.72 bits per heavy atom. The lowest BCUT2D eigenvalue weighted by Gasteiger charge is -2.17. The summed E-state index contributed by atoms with van der Waals surface area (Å²) < 4.78 is 2.38. The molecule has 12 rings (SSSR count). The van der Waals surface area contributed by atoms with Crippen molar-refractivity contribution in [1.29, 1.82) is 0 Å². The molecule has 1 aromatic heterocycles. The Morgan fingerprint density at radius 2 is 0.922 bits per heavy atom. The van der Waals surface area contributed by atoms with Crippen LogP contribution in [0.15, 0.2) is 234 Å². The first-order valence-corrected chi connectivity index (χ1v) is 22.2. The molecule has 0 fully saturated rings. The summed E-state index contributed by atoms with van der Waals surface area (Å²) in [5.74, 6) is 0.726. The third-order valence-corrected chi connectivity index (χ3v) is 13.1. The summed E-state index contributed by atoms with van der Waals surface area (Å²) >= 11 is 0. The van der Waals surface area contributed by atoms with E-state index in [2.05, 4.69) is 230 Å². The van der Waals surface area contributed by atoms with Gasteiger partial charge in [0.05, 0.1) is 22.4 Å². The molecule has 11 aromatic rings. The van der Waals surface area contributed by atoms with Crippen molar-refractivity contribution >= 4 is 71.4 Å². The van der Waals surface area contributed by atoms with Gasteiger partial charge in [0.1, 0.15) is 0 Å². The van der Waals surface area contributed by atoms with Crippen LogP contribution in [0.5, 0.6) is 0 Å². The van der Waals surface area contributed by atoms with E-state index < -0.39 is 0 Å². The molecule has 1 aliphatic rings. The predicted octanol–water partition coefficient (Wildman–Crippen LogP) is 16.0. The summed E-state index contributed by atoms with van der Waals surface area (Å²) in [6.07, 6.45) is 1.73. The standard InChI is InChI=1S/C61H43N3/c1-40-31-35-56(41-17-5-2-6-18-41)62-61(63-60(40)42-19-7-3-8-20-42)46-22-15-21-43(37-46)44-32-34-53-54(38-44)50-26-12-11-25-49(50)52-29-16-28-48(59(52)53)45-33-36-58-55(39-45)51-27-13-14-30-57(51)64(58)47-23-9-4-10-24-47/h2-30,32-34,36-39H,31,35H2,1H3/b60-40+,62-56?,63-61?. The molecule has 2 heterocycles. The summed E-state index contributed by atoms with van der Waals surface area (Å²) in [6.45, 7) is 2.21. The Bertz CT molecular complexity index is 3700. The quantitative estimate of drug-likeness (QED) is 0.150. The van der Waals surface area contributed by atoms with E-state index in [9.17, 15) is 0 Å². The van der Waals surface area contributed by atoms with Crippen molar-refractivity contribution in [2.75, 3.05) is 0 Å². The fourth-order valence-electron chi connectivity index (χ4n) is 9.97. The van der Waals surface area contributed by atoms with E-state index in [-0.39, 0.29) is 0 Å². The second kappa shape index (κ2) is 15.6. The highest BCUT2D eigenvalue weighted by Crippen LogP contribution is 2.43. The maximum atomic E-state index is 5.39. The smallest absolute Gasteiger partial charge is 0.160 e. The molecule has 302 valence electrons. The van der Waals surface area contributed by atoms with Gasteiger partial charge in [0, 0.05) is 27.6 Å². The largest absolute Gasteiger partial charge is 0.309 e. The van der Waals surface area contributed by atoms with Crippen molar-refractivity contribution < 1.29 is 0 Å². The number of amidine groups is 1. The van der Waals surface area contributed by atoms with E-state index in [1.165, 1.54) is 70.8 Å². The first-order chi connectivity index (χ1) is 31.7. The third-order valence-electron chi connectivity index (χ3n) is 13.1. The van der Waals surface area contributed by atoms with Gasteiger partial charge in [-0.05, 0) is 128 Å². The molecule has 0 N–H and O–H groups in total. The Morgan fingerprint density at radius 1 is 0.359 bits per heavy atom. The fraction of sp³-hybridized carbons (Fsp3) is 0.0492. The van der Waals surface area contributed by atoms with Gasteiger partial charge in [-0.15, -0.1) is 0 Å². The van der Waals surface area contributed by atoms with Gasteiger partial charge >= 0.3 is 0 Å². The topological polar surface area (TPSA) is 29.6 Å². The zero-order valence-corrected chi connectivity index (χ0v) is 35.5.